The molecule has 0 aliphatic rings. The number of aliphatic carboxylic acids is 1. The lowest BCUT2D eigenvalue weighted by Gasteiger charge is -2.08. The topological polar surface area (TPSA) is 63.1 Å². The molecule has 1 unspecified atom stereocenters. The van der Waals surface area contributed by atoms with Crippen LogP contribution < -0.4 is 0 Å². The third kappa shape index (κ3) is 2.73. The maximum atomic E-state index is 10.8. The molecule has 94 valence electrons. The fourth-order valence-corrected chi connectivity index (χ4v) is 2.84. The molecule has 0 aromatic carbocycles. The van der Waals surface area contributed by atoms with Crippen LogP contribution in [-0.2, 0) is 4.79 Å². The fraction of sp³-hybridized carbons (Fsp3) is 0.308. The number of carboxylic acid groups (broad SMARTS) is 1. The lowest BCUT2D eigenvalue weighted by molar-refractivity contribution is -0.137. The summed E-state index contributed by atoms with van der Waals surface area (Å²) in [5.41, 5.74) is 1.80. The summed E-state index contributed by atoms with van der Waals surface area (Å²) in [6.07, 6.45) is 3.59. The summed E-state index contributed by atoms with van der Waals surface area (Å²) in [5.74, 6) is -0.824. The monoisotopic (exact) mass is 262 g/mol. The van der Waals surface area contributed by atoms with Crippen LogP contribution in [0.25, 0.3) is 11.3 Å². The van der Waals surface area contributed by atoms with Crippen LogP contribution in [0.15, 0.2) is 24.5 Å². The molecule has 4 nitrogen and oxygen atoms in total. The number of carbonyl (C=O) groups is 1. The van der Waals surface area contributed by atoms with Gasteiger partial charge in [0.05, 0.1) is 17.1 Å². The molecule has 2 heterocycles. The molecular formula is C13H14N2O2S. The van der Waals surface area contributed by atoms with Gasteiger partial charge in [-0.25, -0.2) is 4.98 Å². The van der Waals surface area contributed by atoms with Crippen LogP contribution in [0.3, 0.4) is 0 Å². The van der Waals surface area contributed by atoms with Crippen LogP contribution in [0.5, 0.6) is 0 Å². The molecule has 0 radical (unpaired) electrons. The van der Waals surface area contributed by atoms with Gasteiger partial charge in [0, 0.05) is 28.8 Å². The van der Waals surface area contributed by atoms with E-state index in [4.69, 9.17) is 5.11 Å². The number of hydrogen-bond acceptors (Lipinski definition) is 4. The van der Waals surface area contributed by atoms with Crippen molar-refractivity contribution in [2.45, 2.75) is 26.2 Å². The summed E-state index contributed by atoms with van der Waals surface area (Å²) in [4.78, 5) is 20.4. The van der Waals surface area contributed by atoms with Crippen molar-refractivity contribution in [3.05, 3.63) is 34.4 Å². The van der Waals surface area contributed by atoms with E-state index in [0.29, 0.717) is 0 Å². The standard InChI is InChI=1S/C13H14N2O2S/c1-8(6-11(16)17)13-12(15-9(2)18-13)10-4-3-5-14-7-10/h3-5,7-8H,6H2,1-2H3,(H,16,17). The van der Waals surface area contributed by atoms with Gasteiger partial charge in [-0.05, 0) is 19.1 Å². The molecular weight excluding hydrogens is 248 g/mol. The highest BCUT2D eigenvalue weighted by Gasteiger charge is 2.19. The Morgan fingerprint density at radius 2 is 2.33 bits per heavy atom. The molecule has 0 saturated carbocycles. The Bertz CT molecular complexity index is 551. The van der Waals surface area contributed by atoms with E-state index >= 15 is 0 Å². The van der Waals surface area contributed by atoms with Crippen LogP contribution in [0.2, 0.25) is 0 Å². The zero-order valence-electron chi connectivity index (χ0n) is 10.3. The van der Waals surface area contributed by atoms with E-state index in [-0.39, 0.29) is 12.3 Å². The first kappa shape index (κ1) is 12.7. The van der Waals surface area contributed by atoms with E-state index in [9.17, 15) is 4.79 Å². The predicted octanol–water partition coefficient (Wildman–Crippen LogP) is 3.09. The van der Waals surface area contributed by atoms with Crippen molar-refractivity contribution in [3.63, 3.8) is 0 Å². The van der Waals surface area contributed by atoms with Gasteiger partial charge < -0.3 is 5.11 Å². The van der Waals surface area contributed by atoms with Crippen molar-refractivity contribution in [2.75, 3.05) is 0 Å². The molecule has 2 aromatic rings. The van der Waals surface area contributed by atoms with E-state index in [0.717, 1.165) is 21.1 Å². The minimum Gasteiger partial charge on any atom is -0.481 e. The van der Waals surface area contributed by atoms with E-state index in [1.165, 1.54) is 0 Å². The highest BCUT2D eigenvalue weighted by Crippen LogP contribution is 2.34. The Morgan fingerprint density at radius 3 is 2.94 bits per heavy atom. The second-order valence-corrected chi connectivity index (χ2v) is 5.42. The van der Waals surface area contributed by atoms with Crippen molar-refractivity contribution in [1.29, 1.82) is 0 Å². The number of aryl methyl sites for hydroxylation is 1. The first-order chi connectivity index (χ1) is 8.58. The van der Waals surface area contributed by atoms with E-state index in [2.05, 4.69) is 9.97 Å². The predicted molar refractivity (Wildman–Crippen MR) is 70.7 cm³/mol. The second kappa shape index (κ2) is 5.27. The first-order valence-corrected chi connectivity index (χ1v) is 6.49. The van der Waals surface area contributed by atoms with Crippen LogP contribution in [0.4, 0.5) is 0 Å². The third-order valence-electron chi connectivity index (χ3n) is 2.62. The molecule has 0 amide bonds. The summed E-state index contributed by atoms with van der Waals surface area (Å²) >= 11 is 1.56. The molecule has 0 aliphatic heterocycles. The van der Waals surface area contributed by atoms with E-state index in [1.54, 1.807) is 23.7 Å². The lowest BCUT2D eigenvalue weighted by atomic mass is 10.0. The van der Waals surface area contributed by atoms with Crippen molar-refractivity contribution in [3.8, 4) is 11.3 Å². The molecule has 0 spiro atoms. The fourth-order valence-electron chi connectivity index (χ4n) is 1.84. The van der Waals surface area contributed by atoms with E-state index in [1.807, 2.05) is 26.0 Å². The molecule has 0 aliphatic carbocycles. The Hall–Kier alpha value is -1.75. The van der Waals surface area contributed by atoms with Crippen molar-refractivity contribution < 1.29 is 9.90 Å². The van der Waals surface area contributed by atoms with Gasteiger partial charge >= 0.3 is 5.97 Å². The summed E-state index contributed by atoms with van der Waals surface area (Å²) < 4.78 is 0. The summed E-state index contributed by atoms with van der Waals surface area (Å²) in [5, 5.41) is 9.83. The summed E-state index contributed by atoms with van der Waals surface area (Å²) in [6.45, 7) is 3.85. The SMILES string of the molecule is Cc1nc(-c2cccnc2)c(C(C)CC(=O)O)s1. The van der Waals surface area contributed by atoms with Crippen molar-refractivity contribution >= 4 is 17.3 Å². The van der Waals surface area contributed by atoms with Crippen LogP contribution >= 0.6 is 11.3 Å². The van der Waals surface area contributed by atoms with Gasteiger partial charge in [0.25, 0.3) is 0 Å². The normalized spacial score (nSPS) is 12.3. The highest BCUT2D eigenvalue weighted by atomic mass is 32.1. The summed E-state index contributed by atoms with van der Waals surface area (Å²) in [6, 6.07) is 3.80. The molecule has 1 atom stereocenters. The van der Waals surface area contributed by atoms with Gasteiger partial charge in [0.15, 0.2) is 0 Å². The van der Waals surface area contributed by atoms with Gasteiger partial charge in [-0.15, -0.1) is 11.3 Å². The average Bonchev–Trinajstić information content (AvgIpc) is 2.72. The third-order valence-corrected chi connectivity index (χ3v) is 3.83. The number of nitrogens with zero attached hydrogens (tertiary/aromatic N) is 2. The highest BCUT2D eigenvalue weighted by molar-refractivity contribution is 7.12. The van der Waals surface area contributed by atoms with Gasteiger partial charge in [-0.1, -0.05) is 6.92 Å². The Balaban J connectivity index is 2.40. The quantitative estimate of drug-likeness (QED) is 0.919. The van der Waals surface area contributed by atoms with Gasteiger partial charge in [0.1, 0.15) is 0 Å². The molecule has 5 heteroatoms. The molecule has 0 fully saturated rings. The van der Waals surface area contributed by atoms with Gasteiger partial charge in [0.2, 0.25) is 0 Å². The molecule has 0 saturated heterocycles. The zero-order valence-corrected chi connectivity index (χ0v) is 11.1. The average molecular weight is 262 g/mol. The lowest BCUT2D eigenvalue weighted by Crippen LogP contribution is -2.02. The number of aromatic nitrogens is 2. The Labute approximate surface area is 109 Å². The second-order valence-electron chi connectivity index (χ2n) is 4.19. The molecule has 2 aromatic heterocycles. The first-order valence-electron chi connectivity index (χ1n) is 5.67. The largest absolute Gasteiger partial charge is 0.481 e. The van der Waals surface area contributed by atoms with Crippen molar-refractivity contribution in [2.24, 2.45) is 0 Å². The minimum absolute atomic E-state index is 0.0380. The van der Waals surface area contributed by atoms with Crippen LogP contribution in [0, 0.1) is 6.92 Å². The van der Waals surface area contributed by atoms with Crippen LogP contribution in [0.1, 0.15) is 29.1 Å². The molecule has 0 bridgehead atoms. The zero-order chi connectivity index (χ0) is 13.1. The number of pyridine rings is 1. The molecule has 2 rings (SSSR count). The van der Waals surface area contributed by atoms with Crippen molar-refractivity contribution in [1.82, 2.24) is 9.97 Å². The maximum Gasteiger partial charge on any atom is 0.303 e. The minimum atomic E-state index is -0.786. The Kier molecular flexibility index (Phi) is 3.72. The number of carboxylic acids is 1. The Morgan fingerprint density at radius 1 is 1.56 bits per heavy atom. The molecule has 18 heavy (non-hydrogen) atoms. The maximum absolute atomic E-state index is 10.8. The van der Waals surface area contributed by atoms with Crippen LogP contribution in [-0.4, -0.2) is 21.0 Å². The molecule has 1 N–H and O–H groups in total. The van der Waals surface area contributed by atoms with Gasteiger partial charge in [-0.2, -0.15) is 0 Å². The number of hydrogen-bond donors (Lipinski definition) is 1. The van der Waals surface area contributed by atoms with E-state index < -0.39 is 5.97 Å². The number of rotatable bonds is 4. The number of thiazole rings is 1. The smallest absolute Gasteiger partial charge is 0.303 e. The van der Waals surface area contributed by atoms with Gasteiger partial charge in [-0.3, -0.25) is 9.78 Å². The summed E-state index contributed by atoms with van der Waals surface area (Å²) in [7, 11) is 0.